The third-order valence-electron chi connectivity index (χ3n) is 2.73. The van der Waals surface area contributed by atoms with Gasteiger partial charge >= 0.3 is 0 Å². The SMILES string of the molecule is CCS(=O)(=O)CCCN[C@H](C)c1ccncc1. The molecule has 1 rings (SSSR count). The monoisotopic (exact) mass is 256 g/mol. The van der Waals surface area contributed by atoms with Gasteiger partial charge in [-0.25, -0.2) is 8.42 Å². The van der Waals surface area contributed by atoms with Crippen LogP contribution in [-0.2, 0) is 9.84 Å². The minimum absolute atomic E-state index is 0.224. The van der Waals surface area contributed by atoms with E-state index in [0.29, 0.717) is 13.0 Å². The summed E-state index contributed by atoms with van der Waals surface area (Å²) in [5.41, 5.74) is 1.17. The van der Waals surface area contributed by atoms with Crippen molar-refractivity contribution in [3.05, 3.63) is 30.1 Å². The number of hydrogen-bond acceptors (Lipinski definition) is 4. The van der Waals surface area contributed by atoms with Crippen LogP contribution >= 0.6 is 0 Å². The minimum atomic E-state index is -2.83. The van der Waals surface area contributed by atoms with Crippen molar-refractivity contribution < 1.29 is 8.42 Å². The second-order valence-electron chi connectivity index (χ2n) is 4.05. The Morgan fingerprint density at radius 2 is 2.00 bits per heavy atom. The second-order valence-corrected chi connectivity index (χ2v) is 6.52. The Labute approximate surface area is 103 Å². The van der Waals surface area contributed by atoms with Gasteiger partial charge in [0.25, 0.3) is 0 Å². The minimum Gasteiger partial charge on any atom is -0.310 e. The molecule has 0 aromatic carbocycles. The largest absolute Gasteiger partial charge is 0.310 e. The number of rotatable bonds is 7. The average molecular weight is 256 g/mol. The quantitative estimate of drug-likeness (QED) is 0.752. The average Bonchev–Trinajstić information content (AvgIpc) is 2.35. The van der Waals surface area contributed by atoms with Crippen molar-refractivity contribution in [2.75, 3.05) is 18.1 Å². The lowest BCUT2D eigenvalue weighted by molar-refractivity contribution is 0.560. The molecule has 0 aliphatic carbocycles. The van der Waals surface area contributed by atoms with E-state index >= 15 is 0 Å². The molecule has 96 valence electrons. The van der Waals surface area contributed by atoms with Gasteiger partial charge in [0.2, 0.25) is 0 Å². The predicted molar refractivity (Wildman–Crippen MR) is 69.6 cm³/mol. The van der Waals surface area contributed by atoms with Gasteiger partial charge in [-0.05, 0) is 37.6 Å². The Kier molecular flexibility index (Phi) is 5.58. The van der Waals surface area contributed by atoms with Gasteiger partial charge in [0.05, 0.1) is 5.75 Å². The summed E-state index contributed by atoms with van der Waals surface area (Å²) in [5.74, 6) is 0.493. The summed E-state index contributed by atoms with van der Waals surface area (Å²) in [5, 5.41) is 3.30. The van der Waals surface area contributed by atoms with Gasteiger partial charge in [0, 0.05) is 24.2 Å². The molecule has 0 saturated heterocycles. The van der Waals surface area contributed by atoms with Gasteiger partial charge in [-0.15, -0.1) is 0 Å². The molecular formula is C12H20N2O2S. The highest BCUT2D eigenvalue weighted by Crippen LogP contribution is 2.09. The maximum Gasteiger partial charge on any atom is 0.150 e. The standard InChI is InChI=1S/C12H20N2O2S/c1-3-17(15,16)10-4-7-14-11(2)12-5-8-13-9-6-12/h5-6,8-9,11,14H,3-4,7,10H2,1-2H3/t11-/m1/s1. The van der Waals surface area contributed by atoms with Crippen LogP contribution in [0.5, 0.6) is 0 Å². The Morgan fingerprint density at radius 1 is 1.35 bits per heavy atom. The number of nitrogens with zero attached hydrogens (tertiary/aromatic N) is 1. The molecule has 0 aliphatic rings. The molecule has 0 spiro atoms. The molecule has 17 heavy (non-hydrogen) atoms. The maximum absolute atomic E-state index is 11.3. The smallest absolute Gasteiger partial charge is 0.150 e. The first-order valence-electron chi connectivity index (χ1n) is 5.89. The molecule has 0 fully saturated rings. The Bertz CT molecular complexity index is 417. The van der Waals surface area contributed by atoms with E-state index in [-0.39, 0.29) is 17.5 Å². The lowest BCUT2D eigenvalue weighted by Gasteiger charge is -2.13. The first-order chi connectivity index (χ1) is 8.05. The molecule has 0 bridgehead atoms. The van der Waals surface area contributed by atoms with Gasteiger partial charge in [-0.3, -0.25) is 4.98 Å². The third kappa shape index (κ3) is 5.28. The molecule has 0 aliphatic heterocycles. The fourth-order valence-electron chi connectivity index (χ4n) is 1.52. The fourth-order valence-corrected chi connectivity index (χ4v) is 2.40. The molecule has 0 radical (unpaired) electrons. The van der Waals surface area contributed by atoms with Crippen LogP contribution < -0.4 is 5.32 Å². The molecule has 5 heteroatoms. The number of nitrogens with one attached hydrogen (secondary N) is 1. The molecule has 1 aromatic heterocycles. The molecule has 0 amide bonds. The normalized spacial score (nSPS) is 13.5. The Morgan fingerprint density at radius 3 is 2.59 bits per heavy atom. The topological polar surface area (TPSA) is 59.1 Å². The summed E-state index contributed by atoms with van der Waals surface area (Å²) in [6.07, 6.45) is 4.18. The third-order valence-corrected chi connectivity index (χ3v) is 4.52. The van der Waals surface area contributed by atoms with E-state index in [4.69, 9.17) is 0 Å². The Hall–Kier alpha value is -0.940. The van der Waals surface area contributed by atoms with Crippen LogP contribution in [0.15, 0.2) is 24.5 Å². The van der Waals surface area contributed by atoms with Gasteiger partial charge in [0.1, 0.15) is 9.84 Å². The zero-order valence-electron chi connectivity index (χ0n) is 10.4. The molecule has 0 unspecified atom stereocenters. The van der Waals surface area contributed by atoms with E-state index in [2.05, 4.69) is 17.2 Å². The van der Waals surface area contributed by atoms with Crippen molar-refractivity contribution in [2.45, 2.75) is 26.3 Å². The Balaban J connectivity index is 2.28. The maximum atomic E-state index is 11.3. The summed E-state index contributed by atoms with van der Waals surface area (Å²) < 4.78 is 22.6. The summed E-state index contributed by atoms with van der Waals surface area (Å²) in [6.45, 7) is 4.45. The lowest BCUT2D eigenvalue weighted by Crippen LogP contribution is -2.22. The predicted octanol–water partition coefficient (Wildman–Crippen LogP) is 1.56. The molecule has 0 saturated carbocycles. The number of sulfone groups is 1. The number of hydrogen-bond donors (Lipinski definition) is 1. The van der Waals surface area contributed by atoms with Gasteiger partial charge in [-0.2, -0.15) is 0 Å². The first-order valence-corrected chi connectivity index (χ1v) is 7.71. The summed E-state index contributed by atoms with van der Waals surface area (Å²) in [4.78, 5) is 3.96. The summed E-state index contributed by atoms with van der Waals surface area (Å²) >= 11 is 0. The van der Waals surface area contributed by atoms with Crippen LogP contribution in [0.3, 0.4) is 0 Å². The zero-order chi connectivity index (χ0) is 12.7. The van der Waals surface area contributed by atoms with Gasteiger partial charge < -0.3 is 5.32 Å². The highest BCUT2D eigenvalue weighted by molar-refractivity contribution is 7.91. The number of aromatic nitrogens is 1. The summed E-state index contributed by atoms with van der Waals surface area (Å²) in [7, 11) is -2.83. The van der Waals surface area contributed by atoms with Crippen LogP contribution in [0.4, 0.5) is 0 Å². The van der Waals surface area contributed by atoms with Crippen LogP contribution in [-0.4, -0.2) is 31.5 Å². The van der Waals surface area contributed by atoms with Crippen LogP contribution in [0.1, 0.15) is 31.9 Å². The zero-order valence-corrected chi connectivity index (χ0v) is 11.2. The fraction of sp³-hybridized carbons (Fsp3) is 0.583. The second kappa shape index (κ2) is 6.71. The molecule has 4 nitrogen and oxygen atoms in total. The van der Waals surface area contributed by atoms with Crippen molar-refractivity contribution >= 4 is 9.84 Å². The van der Waals surface area contributed by atoms with E-state index in [1.54, 1.807) is 19.3 Å². The van der Waals surface area contributed by atoms with Crippen molar-refractivity contribution in [2.24, 2.45) is 0 Å². The van der Waals surface area contributed by atoms with E-state index < -0.39 is 9.84 Å². The highest BCUT2D eigenvalue weighted by Gasteiger charge is 2.08. The highest BCUT2D eigenvalue weighted by atomic mass is 32.2. The van der Waals surface area contributed by atoms with Crippen molar-refractivity contribution in [1.82, 2.24) is 10.3 Å². The van der Waals surface area contributed by atoms with Crippen LogP contribution in [0, 0.1) is 0 Å². The van der Waals surface area contributed by atoms with E-state index in [1.807, 2.05) is 12.1 Å². The molecule has 1 aromatic rings. The molecular weight excluding hydrogens is 236 g/mol. The summed E-state index contributed by atoms with van der Waals surface area (Å²) in [6, 6.07) is 4.14. The van der Waals surface area contributed by atoms with E-state index in [9.17, 15) is 8.42 Å². The first kappa shape index (κ1) is 14.1. The number of pyridine rings is 1. The lowest BCUT2D eigenvalue weighted by atomic mass is 10.1. The van der Waals surface area contributed by atoms with Crippen molar-refractivity contribution in [1.29, 1.82) is 0 Å². The molecule has 1 heterocycles. The van der Waals surface area contributed by atoms with Crippen LogP contribution in [0.25, 0.3) is 0 Å². The van der Waals surface area contributed by atoms with Crippen LogP contribution in [0.2, 0.25) is 0 Å². The van der Waals surface area contributed by atoms with Crippen molar-refractivity contribution in [3.63, 3.8) is 0 Å². The van der Waals surface area contributed by atoms with Gasteiger partial charge in [0.15, 0.2) is 0 Å². The van der Waals surface area contributed by atoms with E-state index in [0.717, 1.165) is 0 Å². The van der Waals surface area contributed by atoms with E-state index in [1.165, 1.54) is 5.56 Å². The van der Waals surface area contributed by atoms with Crippen molar-refractivity contribution in [3.8, 4) is 0 Å². The molecule has 1 N–H and O–H groups in total. The molecule has 1 atom stereocenters. The van der Waals surface area contributed by atoms with Gasteiger partial charge in [-0.1, -0.05) is 6.92 Å².